The molecule has 0 aliphatic carbocycles. The Balaban J connectivity index is 1.80. The first-order valence-corrected chi connectivity index (χ1v) is 6.73. The van der Waals surface area contributed by atoms with Crippen LogP contribution in [0.5, 0.6) is 0 Å². The Bertz CT molecular complexity index is 300. The van der Waals surface area contributed by atoms with Crippen molar-refractivity contribution in [3.63, 3.8) is 0 Å². The minimum Gasteiger partial charge on any atom is -0.354 e. The maximum atomic E-state index is 12.2. The smallest absolute Gasteiger partial charge is 0.236 e. The van der Waals surface area contributed by atoms with Crippen LogP contribution in [-0.4, -0.2) is 74.0 Å². The maximum absolute atomic E-state index is 12.2. The third-order valence-electron chi connectivity index (χ3n) is 3.46. The van der Waals surface area contributed by atoms with Crippen molar-refractivity contribution < 1.29 is 9.59 Å². The first kappa shape index (κ1) is 13.3. The summed E-state index contributed by atoms with van der Waals surface area (Å²) in [5.74, 6) is 0.192. The van der Waals surface area contributed by atoms with Crippen LogP contribution in [0.1, 0.15) is 12.8 Å². The van der Waals surface area contributed by atoms with E-state index in [2.05, 4.69) is 15.5 Å². The largest absolute Gasteiger partial charge is 0.354 e. The number of amides is 2. The van der Waals surface area contributed by atoms with Crippen LogP contribution in [0, 0.1) is 0 Å². The van der Waals surface area contributed by atoms with E-state index in [-0.39, 0.29) is 11.8 Å². The van der Waals surface area contributed by atoms with Gasteiger partial charge in [0.15, 0.2) is 0 Å². The molecule has 0 spiro atoms. The van der Waals surface area contributed by atoms with E-state index in [1.807, 2.05) is 0 Å². The second-order valence-corrected chi connectivity index (χ2v) is 4.86. The molecule has 2 saturated heterocycles. The summed E-state index contributed by atoms with van der Waals surface area (Å²) in [6.45, 7) is 6.14. The van der Waals surface area contributed by atoms with Gasteiger partial charge in [-0.25, -0.2) is 0 Å². The normalized spacial score (nSPS) is 23.1. The van der Waals surface area contributed by atoms with Crippen LogP contribution in [0.4, 0.5) is 0 Å². The summed E-state index contributed by atoms with van der Waals surface area (Å²) in [6.07, 6.45) is 1.51. The van der Waals surface area contributed by atoms with Crippen LogP contribution in [0.3, 0.4) is 0 Å². The van der Waals surface area contributed by atoms with Gasteiger partial charge in [0.05, 0.1) is 6.54 Å². The number of carbonyl (C=O) groups is 2. The number of carbonyl (C=O) groups excluding carboxylic acids is 2. The van der Waals surface area contributed by atoms with Crippen molar-refractivity contribution >= 4 is 11.8 Å². The van der Waals surface area contributed by atoms with Crippen molar-refractivity contribution in [1.82, 2.24) is 20.4 Å². The Morgan fingerprint density at radius 2 is 2.00 bits per heavy atom. The molecule has 2 heterocycles. The van der Waals surface area contributed by atoms with Gasteiger partial charge in [-0.05, 0) is 19.5 Å². The molecular weight excluding hydrogens is 232 g/mol. The molecule has 0 aromatic heterocycles. The summed E-state index contributed by atoms with van der Waals surface area (Å²) in [6, 6.07) is 0. The third-order valence-corrected chi connectivity index (χ3v) is 3.46. The average Bonchev–Trinajstić information content (AvgIpc) is 2.72. The lowest BCUT2D eigenvalue weighted by Gasteiger charge is -2.24. The molecule has 102 valence electrons. The first-order chi connectivity index (χ1) is 8.75. The van der Waals surface area contributed by atoms with Crippen LogP contribution >= 0.6 is 0 Å². The molecule has 2 aliphatic heterocycles. The van der Waals surface area contributed by atoms with Gasteiger partial charge in [0.2, 0.25) is 11.8 Å². The van der Waals surface area contributed by atoms with Gasteiger partial charge in [-0.2, -0.15) is 0 Å². The number of hydrogen-bond acceptors (Lipinski definition) is 4. The lowest BCUT2D eigenvalue weighted by atomic mass is 10.3. The molecule has 2 amide bonds. The molecule has 0 unspecified atom stereocenters. The van der Waals surface area contributed by atoms with Crippen molar-refractivity contribution in [1.29, 1.82) is 0 Å². The van der Waals surface area contributed by atoms with Crippen molar-refractivity contribution in [2.24, 2.45) is 0 Å². The van der Waals surface area contributed by atoms with Crippen molar-refractivity contribution in [3.8, 4) is 0 Å². The third kappa shape index (κ3) is 3.96. The van der Waals surface area contributed by atoms with E-state index >= 15 is 0 Å². The number of nitrogens with zero attached hydrogens (tertiary/aromatic N) is 2. The predicted octanol–water partition coefficient (Wildman–Crippen LogP) is -1.37. The Labute approximate surface area is 108 Å². The maximum Gasteiger partial charge on any atom is 0.236 e. The van der Waals surface area contributed by atoms with Gasteiger partial charge < -0.3 is 15.5 Å². The molecule has 2 N–H and O–H groups in total. The van der Waals surface area contributed by atoms with E-state index in [4.69, 9.17) is 0 Å². The van der Waals surface area contributed by atoms with Crippen LogP contribution < -0.4 is 10.6 Å². The standard InChI is InChI=1S/C12H22N4O2/c17-11-2-7-16(9-5-14-11)12(18)10-15-6-1-3-13-4-8-15/h13H,1-10H2,(H,14,17). The van der Waals surface area contributed by atoms with Crippen LogP contribution in [-0.2, 0) is 9.59 Å². The fourth-order valence-electron chi connectivity index (χ4n) is 2.37. The summed E-state index contributed by atoms with van der Waals surface area (Å²) < 4.78 is 0. The summed E-state index contributed by atoms with van der Waals surface area (Å²) in [5.41, 5.74) is 0. The highest BCUT2D eigenvalue weighted by Crippen LogP contribution is 2.01. The Morgan fingerprint density at radius 3 is 2.89 bits per heavy atom. The van der Waals surface area contributed by atoms with Gasteiger partial charge in [0.25, 0.3) is 0 Å². The highest BCUT2D eigenvalue weighted by Gasteiger charge is 2.20. The highest BCUT2D eigenvalue weighted by atomic mass is 16.2. The minimum atomic E-state index is 0.0456. The lowest BCUT2D eigenvalue weighted by molar-refractivity contribution is -0.132. The second kappa shape index (κ2) is 6.70. The lowest BCUT2D eigenvalue weighted by Crippen LogP contribution is -2.42. The zero-order chi connectivity index (χ0) is 12.8. The van der Waals surface area contributed by atoms with E-state index in [9.17, 15) is 9.59 Å². The summed E-state index contributed by atoms with van der Waals surface area (Å²) in [4.78, 5) is 27.4. The van der Waals surface area contributed by atoms with Crippen LogP contribution in [0.15, 0.2) is 0 Å². The molecule has 2 fully saturated rings. The summed E-state index contributed by atoms with van der Waals surface area (Å²) >= 11 is 0. The SMILES string of the molecule is O=C1CCN(C(=O)CN2CCCNCC2)CCN1. The molecule has 6 heteroatoms. The van der Waals surface area contributed by atoms with Crippen molar-refractivity contribution in [3.05, 3.63) is 0 Å². The van der Waals surface area contributed by atoms with E-state index in [0.29, 0.717) is 32.6 Å². The molecule has 2 aliphatic rings. The molecular formula is C12H22N4O2. The van der Waals surface area contributed by atoms with E-state index in [1.54, 1.807) is 4.90 Å². The van der Waals surface area contributed by atoms with Gasteiger partial charge in [-0.15, -0.1) is 0 Å². The van der Waals surface area contributed by atoms with Gasteiger partial charge in [0.1, 0.15) is 0 Å². The van der Waals surface area contributed by atoms with Gasteiger partial charge in [0, 0.05) is 39.1 Å². The molecule has 0 aromatic rings. The van der Waals surface area contributed by atoms with E-state index in [1.165, 1.54) is 0 Å². The monoisotopic (exact) mass is 254 g/mol. The van der Waals surface area contributed by atoms with Gasteiger partial charge in [-0.1, -0.05) is 0 Å². The Kier molecular flexibility index (Phi) is 4.95. The van der Waals surface area contributed by atoms with Crippen molar-refractivity contribution in [2.45, 2.75) is 12.8 Å². The van der Waals surface area contributed by atoms with Crippen LogP contribution in [0.25, 0.3) is 0 Å². The Morgan fingerprint density at radius 1 is 1.11 bits per heavy atom. The fourth-order valence-corrected chi connectivity index (χ4v) is 2.37. The van der Waals surface area contributed by atoms with Gasteiger partial charge in [-0.3, -0.25) is 14.5 Å². The average molecular weight is 254 g/mol. The molecule has 2 rings (SSSR count). The van der Waals surface area contributed by atoms with Crippen LogP contribution in [0.2, 0.25) is 0 Å². The molecule has 0 atom stereocenters. The zero-order valence-corrected chi connectivity index (χ0v) is 10.8. The van der Waals surface area contributed by atoms with Gasteiger partial charge >= 0.3 is 0 Å². The quantitative estimate of drug-likeness (QED) is 0.638. The minimum absolute atomic E-state index is 0.0456. The molecule has 0 bridgehead atoms. The molecule has 0 saturated carbocycles. The zero-order valence-electron chi connectivity index (χ0n) is 10.8. The molecule has 18 heavy (non-hydrogen) atoms. The highest BCUT2D eigenvalue weighted by molar-refractivity contribution is 5.81. The summed E-state index contributed by atoms with van der Waals surface area (Å²) in [5, 5.41) is 6.11. The summed E-state index contributed by atoms with van der Waals surface area (Å²) in [7, 11) is 0. The number of rotatable bonds is 2. The predicted molar refractivity (Wildman–Crippen MR) is 68.1 cm³/mol. The molecule has 6 nitrogen and oxygen atoms in total. The van der Waals surface area contributed by atoms with Crippen molar-refractivity contribution in [2.75, 3.05) is 52.4 Å². The fraction of sp³-hybridized carbons (Fsp3) is 0.833. The topological polar surface area (TPSA) is 64.7 Å². The van der Waals surface area contributed by atoms with E-state index < -0.39 is 0 Å². The molecule has 0 aromatic carbocycles. The number of hydrogen-bond donors (Lipinski definition) is 2. The number of nitrogens with one attached hydrogen (secondary N) is 2. The molecule has 0 radical (unpaired) electrons. The second-order valence-electron chi connectivity index (χ2n) is 4.86. The van der Waals surface area contributed by atoms with E-state index in [0.717, 1.165) is 32.6 Å². The Hall–Kier alpha value is -1.14. The first-order valence-electron chi connectivity index (χ1n) is 6.73.